The van der Waals surface area contributed by atoms with Gasteiger partial charge in [0.15, 0.2) is 6.10 Å². The number of unbranched alkanes of at least 4 members (excludes halogenated alkanes) is 4. The molecule has 0 radical (unpaired) electrons. The highest BCUT2D eigenvalue weighted by molar-refractivity contribution is 5.92. The molecular weight excluding hydrogens is 580 g/mol. The SMILES string of the molecule is CCCCCCOc1ccc(-c2ccc(C(=O)Oc3ccc(C(=O)OC(CCCCOCC)C(F)(F)F)c(F)c3)cc2)cc1. The van der Waals surface area contributed by atoms with Gasteiger partial charge < -0.3 is 18.9 Å². The number of benzene rings is 3. The molecule has 0 N–H and O–H groups in total. The predicted molar refractivity (Wildman–Crippen MR) is 158 cm³/mol. The summed E-state index contributed by atoms with van der Waals surface area (Å²) in [4.78, 5) is 25.0. The first-order chi connectivity index (χ1) is 21.1. The van der Waals surface area contributed by atoms with Crippen molar-refractivity contribution in [3.05, 3.63) is 83.7 Å². The molecule has 0 saturated heterocycles. The molecule has 6 nitrogen and oxygen atoms in total. The number of carbonyl (C=O) groups is 2. The number of hydrogen-bond acceptors (Lipinski definition) is 6. The summed E-state index contributed by atoms with van der Waals surface area (Å²) in [5, 5.41) is 0. The molecule has 1 atom stereocenters. The molecule has 1 unspecified atom stereocenters. The minimum Gasteiger partial charge on any atom is -0.494 e. The van der Waals surface area contributed by atoms with Crippen LogP contribution in [0, 0.1) is 5.82 Å². The summed E-state index contributed by atoms with van der Waals surface area (Å²) in [6.45, 7) is 5.33. The molecular formula is C34H38F4O6. The smallest absolute Gasteiger partial charge is 0.425 e. The van der Waals surface area contributed by atoms with Crippen molar-refractivity contribution >= 4 is 11.9 Å². The Kier molecular flexibility index (Phi) is 13.7. The van der Waals surface area contributed by atoms with Crippen LogP contribution in [0.3, 0.4) is 0 Å². The fourth-order valence-corrected chi connectivity index (χ4v) is 4.31. The van der Waals surface area contributed by atoms with Crippen LogP contribution in [-0.2, 0) is 9.47 Å². The summed E-state index contributed by atoms with van der Waals surface area (Å²) in [5.41, 5.74) is 1.27. The number of carbonyl (C=O) groups excluding carboxylic acids is 2. The molecule has 3 rings (SSSR count). The van der Waals surface area contributed by atoms with Crippen molar-refractivity contribution in [1.82, 2.24) is 0 Å². The Balaban J connectivity index is 1.56. The number of alkyl halides is 3. The van der Waals surface area contributed by atoms with Crippen molar-refractivity contribution in [3.63, 3.8) is 0 Å². The lowest BCUT2D eigenvalue weighted by Crippen LogP contribution is -2.34. The van der Waals surface area contributed by atoms with E-state index in [1.807, 2.05) is 24.3 Å². The largest absolute Gasteiger partial charge is 0.494 e. The lowest BCUT2D eigenvalue weighted by molar-refractivity contribution is -0.206. The molecule has 0 aliphatic heterocycles. The van der Waals surface area contributed by atoms with Crippen LogP contribution in [0.25, 0.3) is 11.1 Å². The quantitative estimate of drug-likeness (QED) is 0.0651. The summed E-state index contributed by atoms with van der Waals surface area (Å²) in [5.74, 6) is -2.86. The van der Waals surface area contributed by atoms with Crippen LogP contribution in [0.15, 0.2) is 66.7 Å². The molecule has 0 aromatic heterocycles. The maximum Gasteiger partial charge on any atom is 0.425 e. The van der Waals surface area contributed by atoms with Gasteiger partial charge in [-0.3, -0.25) is 0 Å². The fraction of sp³-hybridized carbons (Fsp3) is 0.412. The summed E-state index contributed by atoms with van der Waals surface area (Å²) >= 11 is 0. The lowest BCUT2D eigenvalue weighted by Gasteiger charge is -2.21. The molecule has 0 fully saturated rings. The van der Waals surface area contributed by atoms with Gasteiger partial charge in [0.2, 0.25) is 0 Å². The third-order valence-corrected chi connectivity index (χ3v) is 6.77. The van der Waals surface area contributed by atoms with Gasteiger partial charge in [-0.1, -0.05) is 50.5 Å². The molecule has 3 aromatic carbocycles. The zero-order chi connectivity index (χ0) is 32.0. The van der Waals surface area contributed by atoms with E-state index in [0.29, 0.717) is 19.6 Å². The second kappa shape index (κ2) is 17.4. The molecule has 3 aromatic rings. The van der Waals surface area contributed by atoms with Crippen LogP contribution in [-0.4, -0.2) is 44.0 Å². The highest BCUT2D eigenvalue weighted by atomic mass is 19.4. The third kappa shape index (κ3) is 11.0. The maximum atomic E-state index is 14.7. The minimum atomic E-state index is -4.81. The van der Waals surface area contributed by atoms with E-state index in [1.165, 1.54) is 12.8 Å². The number of rotatable bonds is 17. The van der Waals surface area contributed by atoms with E-state index >= 15 is 0 Å². The Labute approximate surface area is 255 Å². The van der Waals surface area contributed by atoms with E-state index in [-0.39, 0.29) is 24.3 Å². The second-order valence-corrected chi connectivity index (χ2v) is 10.2. The monoisotopic (exact) mass is 618 g/mol. The number of ether oxygens (including phenoxy) is 4. The summed E-state index contributed by atoms with van der Waals surface area (Å²) < 4.78 is 75.5. The van der Waals surface area contributed by atoms with Crippen molar-refractivity contribution in [2.45, 2.75) is 71.1 Å². The molecule has 0 aliphatic rings. The van der Waals surface area contributed by atoms with Gasteiger partial charge in [-0.15, -0.1) is 0 Å². The van der Waals surface area contributed by atoms with Crippen LogP contribution >= 0.6 is 0 Å². The summed E-state index contributed by atoms with van der Waals surface area (Å²) in [6.07, 6.45) is -2.70. The van der Waals surface area contributed by atoms with Crippen molar-refractivity contribution in [3.8, 4) is 22.6 Å². The van der Waals surface area contributed by atoms with Crippen LogP contribution in [0.5, 0.6) is 11.5 Å². The van der Waals surface area contributed by atoms with Crippen molar-refractivity contribution in [1.29, 1.82) is 0 Å². The van der Waals surface area contributed by atoms with Gasteiger partial charge in [0.1, 0.15) is 17.3 Å². The van der Waals surface area contributed by atoms with Crippen LogP contribution in [0.4, 0.5) is 17.6 Å². The van der Waals surface area contributed by atoms with Gasteiger partial charge in [0.05, 0.1) is 17.7 Å². The Hall–Kier alpha value is -3.92. The first-order valence-corrected chi connectivity index (χ1v) is 14.8. The van der Waals surface area contributed by atoms with E-state index in [0.717, 1.165) is 47.9 Å². The first kappa shape index (κ1) is 34.6. The zero-order valence-electron chi connectivity index (χ0n) is 25.0. The average Bonchev–Trinajstić information content (AvgIpc) is 3.00. The standard InChI is InChI=1S/C34H38F4O6/c1-3-5-6-8-22-42-27-17-15-25(16-18-27)24-11-13-26(14-12-24)32(39)43-28-19-20-29(30(35)23-28)33(40)44-31(34(36,37)38)10-7-9-21-41-4-2/h11-20,23,31H,3-10,21-22H2,1-2H3. The molecule has 44 heavy (non-hydrogen) atoms. The van der Waals surface area contributed by atoms with Crippen LogP contribution in [0.2, 0.25) is 0 Å². The highest BCUT2D eigenvalue weighted by Crippen LogP contribution is 2.29. The van der Waals surface area contributed by atoms with Crippen molar-refractivity contribution < 1.29 is 46.1 Å². The summed E-state index contributed by atoms with van der Waals surface area (Å²) in [6, 6.07) is 17.0. The topological polar surface area (TPSA) is 71.1 Å². The van der Waals surface area contributed by atoms with Crippen molar-refractivity contribution in [2.24, 2.45) is 0 Å². The molecule has 0 heterocycles. The molecule has 0 spiro atoms. The zero-order valence-corrected chi connectivity index (χ0v) is 25.0. The fourth-order valence-electron chi connectivity index (χ4n) is 4.31. The van der Waals surface area contributed by atoms with Gasteiger partial charge in [-0.05, 0) is 80.1 Å². The normalized spacial score (nSPS) is 12.0. The molecule has 238 valence electrons. The lowest BCUT2D eigenvalue weighted by atomic mass is 10.0. The second-order valence-electron chi connectivity index (χ2n) is 10.2. The van der Waals surface area contributed by atoms with Gasteiger partial charge in [0, 0.05) is 19.3 Å². The summed E-state index contributed by atoms with van der Waals surface area (Å²) in [7, 11) is 0. The van der Waals surface area contributed by atoms with Crippen LogP contribution in [0.1, 0.15) is 79.5 Å². The molecule has 0 bridgehead atoms. The number of hydrogen-bond donors (Lipinski definition) is 0. The van der Waals surface area contributed by atoms with E-state index in [4.69, 9.17) is 14.2 Å². The number of esters is 2. The highest BCUT2D eigenvalue weighted by Gasteiger charge is 2.42. The Morgan fingerprint density at radius 2 is 1.39 bits per heavy atom. The Morgan fingerprint density at radius 1 is 0.750 bits per heavy atom. The van der Waals surface area contributed by atoms with E-state index in [2.05, 4.69) is 11.7 Å². The molecule has 10 heteroatoms. The minimum absolute atomic E-state index is 0.107. The Morgan fingerprint density at radius 3 is 2.00 bits per heavy atom. The molecule has 0 aliphatic carbocycles. The molecule has 0 saturated carbocycles. The average molecular weight is 619 g/mol. The van der Waals surface area contributed by atoms with Crippen LogP contribution < -0.4 is 9.47 Å². The third-order valence-electron chi connectivity index (χ3n) is 6.77. The van der Waals surface area contributed by atoms with Gasteiger partial charge in [0.25, 0.3) is 0 Å². The maximum absolute atomic E-state index is 14.7. The first-order valence-electron chi connectivity index (χ1n) is 14.8. The predicted octanol–water partition coefficient (Wildman–Crippen LogP) is 8.97. The Bertz CT molecular complexity index is 1320. The van der Waals surface area contributed by atoms with Gasteiger partial charge in [-0.2, -0.15) is 13.2 Å². The van der Waals surface area contributed by atoms with E-state index in [1.54, 1.807) is 31.2 Å². The van der Waals surface area contributed by atoms with Gasteiger partial charge >= 0.3 is 18.1 Å². The van der Waals surface area contributed by atoms with E-state index in [9.17, 15) is 27.2 Å². The van der Waals surface area contributed by atoms with E-state index < -0.39 is 42.0 Å². The van der Waals surface area contributed by atoms with Crippen molar-refractivity contribution in [2.75, 3.05) is 19.8 Å². The molecule has 0 amide bonds. The van der Waals surface area contributed by atoms with Gasteiger partial charge in [-0.25, -0.2) is 14.0 Å². The number of halogens is 4.